The van der Waals surface area contributed by atoms with Crippen molar-refractivity contribution >= 4 is 16.5 Å². The highest BCUT2D eigenvalue weighted by atomic mass is 32.1. The third-order valence-electron chi connectivity index (χ3n) is 5.26. The molecule has 1 aliphatic carbocycles. The van der Waals surface area contributed by atoms with E-state index in [0.717, 1.165) is 33.4 Å². The summed E-state index contributed by atoms with van der Waals surface area (Å²) in [6.45, 7) is 0. The first-order chi connectivity index (χ1) is 12.7. The highest BCUT2D eigenvalue weighted by Crippen LogP contribution is 2.39. The second-order valence-electron chi connectivity index (χ2n) is 6.92. The van der Waals surface area contributed by atoms with Gasteiger partial charge in [-0.2, -0.15) is 0 Å². The van der Waals surface area contributed by atoms with Crippen LogP contribution in [-0.2, 0) is 0 Å². The smallest absolute Gasteiger partial charge is 0.181 e. The number of nitrogens with two attached hydrogens (primary N) is 1. The summed E-state index contributed by atoms with van der Waals surface area (Å²) < 4.78 is 5.26. The lowest BCUT2D eigenvalue weighted by Crippen LogP contribution is -2.04. The van der Waals surface area contributed by atoms with Crippen molar-refractivity contribution in [3.05, 3.63) is 54.1 Å². The van der Waals surface area contributed by atoms with Crippen molar-refractivity contribution in [1.29, 1.82) is 0 Å². The Hall–Kier alpha value is -2.33. The Bertz CT molecular complexity index is 862. The second-order valence-corrected chi connectivity index (χ2v) is 7.95. The number of anilines is 1. The fourth-order valence-corrected chi connectivity index (χ4v) is 4.68. The van der Waals surface area contributed by atoms with E-state index >= 15 is 0 Å². The molecular weight excluding hydrogens is 340 g/mol. The Labute approximate surface area is 158 Å². The molecule has 0 radical (unpaired) electrons. The molecule has 4 rings (SSSR count). The van der Waals surface area contributed by atoms with Gasteiger partial charge in [-0.1, -0.05) is 54.9 Å². The molecule has 2 aromatic carbocycles. The van der Waals surface area contributed by atoms with Gasteiger partial charge in [0.1, 0.15) is 5.75 Å². The highest BCUT2D eigenvalue weighted by molar-refractivity contribution is 7.19. The maximum absolute atomic E-state index is 6.04. The number of rotatable bonds is 4. The van der Waals surface area contributed by atoms with Gasteiger partial charge in [0.05, 0.1) is 17.7 Å². The number of hydrogen-bond acceptors (Lipinski definition) is 4. The zero-order chi connectivity index (χ0) is 17.9. The molecule has 0 unspecified atom stereocenters. The van der Waals surface area contributed by atoms with Crippen LogP contribution in [0.2, 0.25) is 0 Å². The van der Waals surface area contributed by atoms with Gasteiger partial charge in [-0.25, -0.2) is 4.98 Å². The first-order valence-electron chi connectivity index (χ1n) is 9.25. The number of benzene rings is 2. The molecule has 0 spiro atoms. The minimum absolute atomic E-state index is 0.599. The molecule has 4 heteroatoms. The van der Waals surface area contributed by atoms with Gasteiger partial charge in [0.15, 0.2) is 5.13 Å². The molecule has 0 aliphatic heterocycles. The summed E-state index contributed by atoms with van der Waals surface area (Å²) in [7, 11) is 1.68. The van der Waals surface area contributed by atoms with Gasteiger partial charge in [0, 0.05) is 5.56 Å². The van der Waals surface area contributed by atoms with Crippen molar-refractivity contribution in [3.8, 4) is 27.4 Å². The summed E-state index contributed by atoms with van der Waals surface area (Å²) in [6, 6.07) is 17.0. The molecule has 0 amide bonds. The average molecular weight is 365 g/mol. The normalized spacial score (nSPS) is 15.1. The molecular formula is C22H24N2OS. The predicted octanol–water partition coefficient (Wildman–Crippen LogP) is 6.12. The molecule has 0 saturated heterocycles. The Morgan fingerprint density at radius 2 is 1.58 bits per heavy atom. The van der Waals surface area contributed by atoms with Crippen molar-refractivity contribution in [1.82, 2.24) is 4.98 Å². The quantitative estimate of drug-likeness (QED) is 0.607. The van der Waals surface area contributed by atoms with Crippen LogP contribution in [0.3, 0.4) is 0 Å². The third kappa shape index (κ3) is 3.47. The summed E-state index contributed by atoms with van der Waals surface area (Å²) in [6.07, 6.45) is 6.74. The van der Waals surface area contributed by atoms with Crippen LogP contribution in [-0.4, -0.2) is 12.1 Å². The van der Waals surface area contributed by atoms with Crippen LogP contribution in [0.15, 0.2) is 48.5 Å². The van der Waals surface area contributed by atoms with E-state index in [-0.39, 0.29) is 0 Å². The number of nitrogens with zero attached hydrogens (tertiary/aromatic N) is 1. The molecule has 3 nitrogen and oxygen atoms in total. The van der Waals surface area contributed by atoms with Crippen LogP contribution in [0, 0.1) is 0 Å². The summed E-state index contributed by atoms with van der Waals surface area (Å²) >= 11 is 1.53. The lowest BCUT2D eigenvalue weighted by Gasteiger charge is -2.22. The molecule has 1 saturated carbocycles. The van der Waals surface area contributed by atoms with Crippen LogP contribution in [0.25, 0.3) is 21.7 Å². The topological polar surface area (TPSA) is 48.1 Å². The molecule has 2 N–H and O–H groups in total. The van der Waals surface area contributed by atoms with Crippen LogP contribution in [0.4, 0.5) is 5.13 Å². The fraction of sp³-hybridized carbons (Fsp3) is 0.318. The van der Waals surface area contributed by atoms with E-state index in [9.17, 15) is 0 Å². The second kappa shape index (κ2) is 7.50. The van der Waals surface area contributed by atoms with Crippen molar-refractivity contribution in [2.24, 2.45) is 0 Å². The predicted molar refractivity (Wildman–Crippen MR) is 110 cm³/mol. The number of ether oxygens (including phenoxy) is 1. The molecule has 1 heterocycles. The van der Waals surface area contributed by atoms with Gasteiger partial charge in [0.2, 0.25) is 0 Å². The standard InChI is InChI=1S/C22H24N2OS/c1-25-19-13-11-18(12-14-19)21-20(24-22(23)26-21)17-9-7-16(8-10-17)15-5-3-2-4-6-15/h7-15H,2-6H2,1H3,(H2,23,24). The van der Waals surface area contributed by atoms with Gasteiger partial charge in [-0.15, -0.1) is 0 Å². The summed E-state index contributed by atoms with van der Waals surface area (Å²) in [4.78, 5) is 5.71. The Morgan fingerprint density at radius 3 is 2.23 bits per heavy atom. The van der Waals surface area contributed by atoms with E-state index in [1.807, 2.05) is 12.1 Å². The molecule has 1 aliphatic rings. The van der Waals surface area contributed by atoms with E-state index in [4.69, 9.17) is 10.5 Å². The van der Waals surface area contributed by atoms with Gasteiger partial charge in [0.25, 0.3) is 0 Å². The van der Waals surface area contributed by atoms with E-state index < -0.39 is 0 Å². The van der Waals surface area contributed by atoms with E-state index in [2.05, 4.69) is 41.4 Å². The van der Waals surface area contributed by atoms with Gasteiger partial charge in [-0.3, -0.25) is 0 Å². The number of methoxy groups -OCH3 is 1. The first kappa shape index (κ1) is 17.1. The van der Waals surface area contributed by atoms with Crippen LogP contribution >= 0.6 is 11.3 Å². The molecule has 134 valence electrons. The van der Waals surface area contributed by atoms with Crippen molar-refractivity contribution in [2.45, 2.75) is 38.0 Å². The molecule has 0 atom stereocenters. The van der Waals surface area contributed by atoms with Crippen molar-refractivity contribution < 1.29 is 4.74 Å². The van der Waals surface area contributed by atoms with Crippen molar-refractivity contribution in [3.63, 3.8) is 0 Å². The maximum Gasteiger partial charge on any atom is 0.181 e. The Kier molecular flexibility index (Phi) is 4.93. The lowest BCUT2D eigenvalue weighted by molar-refractivity contribution is 0.415. The van der Waals surface area contributed by atoms with Gasteiger partial charge >= 0.3 is 0 Å². The fourth-order valence-electron chi connectivity index (χ4n) is 3.82. The highest BCUT2D eigenvalue weighted by Gasteiger charge is 2.17. The van der Waals surface area contributed by atoms with Crippen LogP contribution in [0.1, 0.15) is 43.6 Å². The van der Waals surface area contributed by atoms with Crippen LogP contribution in [0.5, 0.6) is 5.75 Å². The average Bonchev–Trinajstić information content (AvgIpc) is 3.10. The number of aromatic nitrogens is 1. The maximum atomic E-state index is 6.04. The summed E-state index contributed by atoms with van der Waals surface area (Å²) in [5.74, 6) is 1.57. The molecule has 26 heavy (non-hydrogen) atoms. The van der Waals surface area contributed by atoms with Gasteiger partial charge < -0.3 is 10.5 Å². The SMILES string of the molecule is COc1ccc(-c2sc(N)nc2-c2ccc(C3CCCCC3)cc2)cc1. The first-order valence-corrected chi connectivity index (χ1v) is 10.1. The van der Waals surface area contributed by atoms with E-state index in [1.54, 1.807) is 7.11 Å². The zero-order valence-corrected chi connectivity index (χ0v) is 15.9. The minimum Gasteiger partial charge on any atom is -0.497 e. The van der Waals surface area contributed by atoms with E-state index in [0.29, 0.717) is 5.13 Å². The number of nitrogen functional groups attached to an aromatic ring is 1. The number of hydrogen-bond donors (Lipinski definition) is 1. The minimum atomic E-state index is 0.599. The largest absolute Gasteiger partial charge is 0.497 e. The zero-order valence-electron chi connectivity index (χ0n) is 15.1. The lowest BCUT2D eigenvalue weighted by atomic mass is 9.84. The van der Waals surface area contributed by atoms with Crippen molar-refractivity contribution in [2.75, 3.05) is 12.8 Å². The Morgan fingerprint density at radius 1 is 0.923 bits per heavy atom. The summed E-state index contributed by atoms with van der Waals surface area (Å²) in [5.41, 5.74) is 10.7. The molecule has 1 aromatic heterocycles. The number of thiazole rings is 1. The van der Waals surface area contributed by atoms with Crippen LogP contribution < -0.4 is 10.5 Å². The molecule has 1 fully saturated rings. The Balaban J connectivity index is 1.65. The van der Waals surface area contributed by atoms with E-state index in [1.165, 1.54) is 49.0 Å². The third-order valence-corrected chi connectivity index (χ3v) is 6.19. The summed E-state index contributed by atoms with van der Waals surface area (Å²) in [5, 5.41) is 0.599. The monoisotopic (exact) mass is 364 g/mol. The molecule has 3 aromatic rings. The molecule has 0 bridgehead atoms. The van der Waals surface area contributed by atoms with Gasteiger partial charge in [-0.05, 0) is 54.2 Å².